The van der Waals surface area contributed by atoms with Gasteiger partial charge in [-0.15, -0.1) is 0 Å². The molecule has 0 aromatic carbocycles. The number of methoxy groups -OCH3 is 1. The molecule has 3 rings (SSSR count). The van der Waals surface area contributed by atoms with E-state index in [1.807, 2.05) is 23.7 Å². The van der Waals surface area contributed by atoms with Crippen LogP contribution in [0.25, 0.3) is 11.3 Å². The van der Waals surface area contributed by atoms with Crippen molar-refractivity contribution in [1.29, 1.82) is 0 Å². The normalized spacial score (nSPS) is 15.4. The number of rotatable bonds is 8. The molecule has 6 heteroatoms. The van der Waals surface area contributed by atoms with Crippen LogP contribution in [0.15, 0.2) is 35.2 Å². The first-order valence-electron chi connectivity index (χ1n) is 8.69. The van der Waals surface area contributed by atoms with Crippen LogP contribution >= 0.6 is 11.3 Å². The monoisotopic (exact) mass is 359 g/mol. The Bertz CT molecular complexity index is 666. The number of ether oxygens (including phenoxy) is 1. The second kappa shape index (κ2) is 8.45. The topological polar surface area (TPSA) is 63.2 Å². The summed E-state index contributed by atoms with van der Waals surface area (Å²) in [5.41, 5.74) is 3.36. The first kappa shape index (κ1) is 17.9. The molecular weight excluding hydrogens is 334 g/mol. The van der Waals surface area contributed by atoms with Crippen molar-refractivity contribution in [2.24, 2.45) is 5.41 Å². The average Bonchev–Trinajstić information content (AvgIpc) is 3.13. The number of hydrogen-bond donors (Lipinski definition) is 2. The molecule has 0 aliphatic heterocycles. The second-order valence-corrected chi connectivity index (χ2v) is 7.49. The van der Waals surface area contributed by atoms with Gasteiger partial charge in [-0.1, -0.05) is 12.5 Å². The zero-order valence-electron chi connectivity index (χ0n) is 14.6. The molecule has 134 valence electrons. The lowest BCUT2D eigenvalue weighted by Gasteiger charge is -2.41. The second-order valence-electron chi connectivity index (χ2n) is 6.71. The third-order valence-corrected chi connectivity index (χ3v) is 5.58. The van der Waals surface area contributed by atoms with Crippen LogP contribution in [0, 0.1) is 5.41 Å². The van der Waals surface area contributed by atoms with Crippen LogP contribution in [0.2, 0.25) is 0 Å². The molecule has 1 saturated carbocycles. The van der Waals surface area contributed by atoms with Gasteiger partial charge in [0.25, 0.3) is 0 Å². The van der Waals surface area contributed by atoms with E-state index in [1.165, 1.54) is 19.3 Å². The lowest BCUT2D eigenvalue weighted by Crippen LogP contribution is -2.41. The fourth-order valence-corrected chi connectivity index (χ4v) is 3.90. The number of thiophene rings is 1. The fraction of sp³-hybridized carbons (Fsp3) is 0.474. The molecular formula is C19H25N3O2S. The summed E-state index contributed by atoms with van der Waals surface area (Å²) in [7, 11) is 1.75. The van der Waals surface area contributed by atoms with E-state index in [1.54, 1.807) is 18.4 Å². The number of amides is 2. The summed E-state index contributed by atoms with van der Waals surface area (Å²) in [5, 5.41) is 9.95. The summed E-state index contributed by atoms with van der Waals surface area (Å²) in [6.45, 7) is 1.95. The van der Waals surface area contributed by atoms with Gasteiger partial charge < -0.3 is 15.4 Å². The molecule has 2 aromatic heterocycles. The fourth-order valence-electron chi connectivity index (χ4n) is 3.25. The Kier molecular flexibility index (Phi) is 6.04. The van der Waals surface area contributed by atoms with Crippen LogP contribution in [0.5, 0.6) is 0 Å². The number of carbonyl (C=O) groups excluding carboxylic acids is 1. The average molecular weight is 359 g/mol. The van der Waals surface area contributed by atoms with Gasteiger partial charge in [0.1, 0.15) is 0 Å². The molecule has 2 amide bonds. The minimum Gasteiger partial charge on any atom is -0.384 e. The molecule has 0 saturated heterocycles. The van der Waals surface area contributed by atoms with Crippen LogP contribution in [-0.2, 0) is 11.3 Å². The number of aromatic nitrogens is 1. The number of pyridine rings is 1. The smallest absolute Gasteiger partial charge is 0.315 e. The van der Waals surface area contributed by atoms with Gasteiger partial charge in [0, 0.05) is 37.3 Å². The summed E-state index contributed by atoms with van der Waals surface area (Å²) in [6, 6.07) is 5.91. The largest absolute Gasteiger partial charge is 0.384 e. The number of nitrogens with zero attached hydrogens (tertiary/aromatic N) is 1. The highest BCUT2D eigenvalue weighted by atomic mass is 32.1. The van der Waals surface area contributed by atoms with Gasteiger partial charge in [-0.3, -0.25) is 4.98 Å². The molecule has 1 fully saturated rings. The number of urea groups is 1. The van der Waals surface area contributed by atoms with Gasteiger partial charge in [-0.2, -0.15) is 11.3 Å². The van der Waals surface area contributed by atoms with Gasteiger partial charge in [0.05, 0.1) is 12.3 Å². The highest BCUT2D eigenvalue weighted by molar-refractivity contribution is 7.08. The number of hydrogen-bond acceptors (Lipinski definition) is 4. The molecule has 0 atom stereocenters. The lowest BCUT2D eigenvalue weighted by atomic mass is 9.67. The Labute approximate surface area is 152 Å². The van der Waals surface area contributed by atoms with Crippen molar-refractivity contribution >= 4 is 17.4 Å². The van der Waals surface area contributed by atoms with E-state index in [2.05, 4.69) is 27.1 Å². The van der Waals surface area contributed by atoms with Crippen molar-refractivity contribution in [3.8, 4) is 11.3 Å². The Balaban J connectivity index is 1.39. The van der Waals surface area contributed by atoms with Gasteiger partial charge in [0.15, 0.2) is 0 Å². The van der Waals surface area contributed by atoms with Gasteiger partial charge in [-0.05, 0) is 47.8 Å². The zero-order valence-corrected chi connectivity index (χ0v) is 15.4. The predicted octanol–water partition coefficient (Wildman–Crippen LogP) is 3.82. The maximum absolute atomic E-state index is 11.9. The van der Waals surface area contributed by atoms with Crippen LogP contribution in [-0.4, -0.2) is 31.3 Å². The molecule has 2 N–H and O–H groups in total. The molecule has 0 spiro atoms. The molecule has 0 radical (unpaired) electrons. The van der Waals surface area contributed by atoms with Gasteiger partial charge >= 0.3 is 6.03 Å². The van der Waals surface area contributed by atoms with Crippen molar-refractivity contribution in [3.05, 3.63) is 40.7 Å². The molecule has 5 nitrogen and oxygen atoms in total. The predicted molar refractivity (Wildman–Crippen MR) is 101 cm³/mol. The Morgan fingerprint density at radius 2 is 2.20 bits per heavy atom. The Hall–Kier alpha value is -1.92. The zero-order chi connectivity index (χ0) is 17.5. The van der Waals surface area contributed by atoms with Gasteiger partial charge in [-0.25, -0.2) is 4.79 Å². The van der Waals surface area contributed by atoms with E-state index in [9.17, 15) is 4.79 Å². The highest BCUT2D eigenvalue weighted by Gasteiger charge is 2.36. The maximum Gasteiger partial charge on any atom is 0.315 e. The molecule has 2 aromatic rings. The third kappa shape index (κ3) is 4.80. The summed E-state index contributed by atoms with van der Waals surface area (Å²) < 4.78 is 5.31. The van der Waals surface area contributed by atoms with E-state index in [4.69, 9.17) is 4.74 Å². The summed E-state index contributed by atoms with van der Waals surface area (Å²) in [6.07, 6.45) is 6.46. The summed E-state index contributed by atoms with van der Waals surface area (Å²) in [5.74, 6) is 0. The SMILES string of the molecule is COCC1(CCNC(=O)NCc2ccc(-c3ccsc3)nc2)CCC1. The van der Waals surface area contributed by atoms with E-state index in [0.29, 0.717) is 13.1 Å². The van der Waals surface area contributed by atoms with Crippen molar-refractivity contribution in [3.63, 3.8) is 0 Å². The quantitative estimate of drug-likeness (QED) is 0.753. The molecule has 0 bridgehead atoms. The van der Waals surface area contributed by atoms with Gasteiger partial charge in [0.2, 0.25) is 0 Å². The molecule has 2 heterocycles. The molecule has 1 aliphatic rings. The minimum atomic E-state index is -0.131. The molecule has 0 unspecified atom stereocenters. The van der Waals surface area contributed by atoms with E-state index in [-0.39, 0.29) is 11.4 Å². The Morgan fingerprint density at radius 1 is 1.32 bits per heavy atom. The van der Waals surface area contributed by atoms with Crippen LogP contribution in [0.3, 0.4) is 0 Å². The first-order chi connectivity index (χ1) is 12.2. The standard InChI is InChI=1S/C19H25N3O2S/c1-24-14-19(6-2-7-19)8-9-20-18(23)22-12-15-3-4-17(21-11-15)16-5-10-25-13-16/h3-5,10-11,13H,2,6-9,12,14H2,1H3,(H2,20,22,23). The highest BCUT2D eigenvalue weighted by Crippen LogP contribution is 2.43. The number of nitrogens with one attached hydrogen (secondary N) is 2. The van der Waals surface area contributed by atoms with E-state index in [0.717, 1.165) is 29.8 Å². The summed E-state index contributed by atoms with van der Waals surface area (Å²) in [4.78, 5) is 16.4. The lowest BCUT2D eigenvalue weighted by molar-refractivity contribution is 0.0113. The minimum absolute atomic E-state index is 0.131. The van der Waals surface area contributed by atoms with Crippen molar-refractivity contribution in [1.82, 2.24) is 15.6 Å². The first-order valence-corrected chi connectivity index (χ1v) is 9.63. The van der Waals surface area contributed by atoms with Crippen LogP contribution in [0.4, 0.5) is 4.79 Å². The van der Waals surface area contributed by atoms with Crippen molar-refractivity contribution < 1.29 is 9.53 Å². The Morgan fingerprint density at radius 3 is 2.80 bits per heavy atom. The molecule has 1 aliphatic carbocycles. The third-order valence-electron chi connectivity index (χ3n) is 4.90. The summed E-state index contributed by atoms with van der Waals surface area (Å²) >= 11 is 1.66. The number of carbonyl (C=O) groups is 1. The van der Waals surface area contributed by atoms with Crippen molar-refractivity contribution in [2.45, 2.75) is 32.2 Å². The van der Waals surface area contributed by atoms with E-state index < -0.39 is 0 Å². The molecule has 25 heavy (non-hydrogen) atoms. The maximum atomic E-state index is 11.9. The van der Waals surface area contributed by atoms with Crippen LogP contribution in [0.1, 0.15) is 31.2 Å². The van der Waals surface area contributed by atoms with Crippen LogP contribution < -0.4 is 10.6 Å². The van der Waals surface area contributed by atoms with E-state index >= 15 is 0 Å². The van der Waals surface area contributed by atoms with Crippen molar-refractivity contribution in [2.75, 3.05) is 20.3 Å².